The minimum Gasteiger partial charge on any atom is -0.300 e. The number of Topliss-reactive ketones (excluding diaryl/α,β-unsaturated/α-hetero) is 1. The molecule has 1 nitrogen and oxygen atoms in total. The summed E-state index contributed by atoms with van der Waals surface area (Å²) in [4.78, 5) is 11.2. The van der Waals surface area contributed by atoms with E-state index in [2.05, 4.69) is 20.8 Å². The molecule has 0 radical (unpaired) electrons. The summed E-state index contributed by atoms with van der Waals surface area (Å²) in [6.07, 6.45) is 2.48. The van der Waals surface area contributed by atoms with E-state index < -0.39 is 0 Å². The number of hydrogen-bond donors (Lipinski definition) is 0. The molecular formula is C11H18O. The summed E-state index contributed by atoms with van der Waals surface area (Å²) in [6, 6.07) is 0. The minimum atomic E-state index is 0.384. The van der Waals surface area contributed by atoms with Gasteiger partial charge in [0.05, 0.1) is 0 Å². The summed E-state index contributed by atoms with van der Waals surface area (Å²) in [6.45, 7) is 8.67. The zero-order valence-electron chi connectivity index (χ0n) is 8.48. The van der Waals surface area contributed by atoms with Gasteiger partial charge in [-0.25, -0.2) is 0 Å². The molecule has 0 N–H and O–H groups in total. The van der Waals surface area contributed by atoms with E-state index in [0.29, 0.717) is 22.5 Å². The van der Waals surface area contributed by atoms with Crippen molar-refractivity contribution in [3.05, 3.63) is 0 Å². The van der Waals surface area contributed by atoms with Gasteiger partial charge in [0.25, 0.3) is 0 Å². The molecule has 2 rings (SSSR count). The normalized spacial score (nSPS) is 48.7. The SMILES string of the molecule is CC(=O)C1CC1(C)C1CC1(C)C. The van der Waals surface area contributed by atoms with Gasteiger partial charge >= 0.3 is 0 Å². The Labute approximate surface area is 74.5 Å². The molecule has 0 aromatic heterocycles. The van der Waals surface area contributed by atoms with E-state index in [1.54, 1.807) is 6.92 Å². The van der Waals surface area contributed by atoms with Gasteiger partial charge in [-0.05, 0) is 36.5 Å². The van der Waals surface area contributed by atoms with Gasteiger partial charge in [0.2, 0.25) is 0 Å². The van der Waals surface area contributed by atoms with Gasteiger partial charge < -0.3 is 0 Å². The Bertz CT molecular complexity index is 241. The molecule has 0 aliphatic heterocycles. The second-order valence-corrected chi connectivity index (χ2v) is 5.62. The maximum absolute atomic E-state index is 11.2. The Morgan fingerprint density at radius 3 is 2.00 bits per heavy atom. The van der Waals surface area contributed by atoms with Gasteiger partial charge in [-0.15, -0.1) is 0 Å². The van der Waals surface area contributed by atoms with Crippen LogP contribution < -0.4 is 0 Å². The third-order valence-corrected chi connectivity index (χ3v) is 4.08. The first-order valence-corrected chi connectivity index (χ1v) is 4.88. The predicted molar refractivity (Wildman–Crippen MR) is 48.8 cm³/mol. The fraction of sp³-hybridized carbons (Fsp3) is 0.909. The highest BCUT2D eigenvalue weighted by atomic mass is 16.1. The van der Waals surface area contributed by atoms with E-state index in [0.717, 1.165) is 12.3 Å². The maximum Gasteiger partial charge on any atom is 0.133 e. The topological polar surface area (TPSA) is 17.1 Å². The third-order valence-electron chi connectivity index (χ3n) is 4.08. The molecule has 2 fully saturated rings. The van der Waals surface area contributed by atoms with Gasteiger partial charge in [0.15, 0.2) is 0 Å². The van der Waals surface area contributed by atoms with Crippen LogP contribution in [0.2, 0.25) is 0 Å². The van der Waals surface area contributed by atoms with Gasteiger partial charge in [-0.2, -0.15) is 0 Å². The maximum atomic E-state index is 11.2. The average Bonchev–Trinajstić information content (AvgIpc) is 2.72. The summed E-state index contributed by atoms with van der Waals surface area (Å²) in [5.41, 5.74) is 0.911. The lowest BCUT2D eigenvalue weighted by atomic mass is 9.93. The van der Waals surface area contributed by atoms with E-state index >= 15 is 0 Å². The lowest BCUT2D eigenvalue weighted by molar-refractivity contribution is -0.119. The first-order valence-electron chi connectivity index (χ1n) is 4.88. The van der Waals surface area contributed by atoms with Crippen LogP contribution in [0.4, 0.5) is 0 Å². The first-order chi connectivity index (χ1) is 5.38. The minimum absolute atomic E-state index is 0.384. The quantitative estimate of drug-likeness (QED) is 0.616. The number of carbonyl (C=O) groups is 1. The molecule has 3 unspecified atom stereocenters. The van der Waals surface area contributed by atoms with E-state index in [1.165, 1.54) is 6.42 Å². The molecule has 2 saturated carbocycles. The summed E-state index contributed by atoms with van der Waals surface area (Å²) in [5.74, 6) is 1.61. The molecule has 68 valence electrons. The smallest absolute Gasteiger partial charge is 0.133 e. The Balaban J connectivity index is 2.04. The number of rotatable bonds is 2. The first kappa shape index (κ1) is 8.28. The van der Waals surface area contributed by atoms with Crippen molar-refractivity contribution in [1.82, 2.24) is 0 Å². The van der Waals surface area contributed by atoms with Crippen molar-refractivity contribution in [1.29, 1.82) is 0 Å². The molecule has 0 amide bonds. The van der Waals surface area contributed by atoms with Crippen LogP contribution in [0.1, 0.15) is 40.5 Å². The van der Waals surface area contributed by atoms with Crippen molar-refractivity contribution >= 4 is 5.78 Å². The Morgan fingerprint density at radius 1 is 1.25 bits per heavy atom. The molecule has 0 heterocycles. The van der Waals surface area contributed by atoms with E-state index in [9.17, 15) is 4.79 Å². The van der Waals surface area contributed by atoms with Crippen LogP contribution in [0.5, 0.6) is 0 Å². The molecule has 3 atom stereocenters. The Hall–Kier alpha value is -0.330. The number of carbonyl (C=O) groups excluding carboxylic acids is 1. The van der Waals surface area contributed by atoms with Crippen LogP contribution in [0.25, 0.3) is 0 Å². The molecule has 2 aliphatic rings. The van der Waals surface area contributed by atoms with E-state index in [4.69, 9.17) is 0 Å². The monoisotopic (exact) mass is 166 g/mol. The highest BCUT2D eigenvalue weighted by Gasteiger charge is 2.67. The molecule has 0 spiro atoms. The zero-order valence-corrected chi connectivity index (χ0v) is 8.48. The van der Waals surface area contributed by atoms with E-state index in [-0.39, 0.29) is 0 Å². The van der Waals surface area contributed by atoms with Gasteiger partial charge in [0.1, 0.15) is 5.78 Å². The fourth-order valence-electron chi connectivity index (χ4n) is 2.97. The van der Waals surface area contributed by atoms with Crippen LogP contribution in [-0.4, -0.2) is 5.78 Å². The molecular weight excluding hydrogens is 148 g/mol. The standard InChI is InChI=1S/C11H18O/c1-7(12)8-5-11(8,4)9-6-10(9,2)3/h8-9H,5-6H2,1-4H3. The van der Waals surface area contributed by atoms with Crippen LogP contribution in [-0.2, 0) is 4.79 Å². The fourth-order valence-corrected chi connectivity index (χ4v) is 2.97. The summed E-state index contributed by atoms with van der Waals surface area (Å²) in [5, 5.41) is 0. The van der Waals surface area contributed by atoms with E-state index in [1.807, 2.05) is 0 Å². The molecule has 12 heavy (non-hydrogen) atoms. The summed E-state index contributed by atoms with van der Waals surface area (Å²) >= 11 is 0. The summed E-state index contributed by atoms with van der Waals surface area (Å²) in [7, 11) is 0. The zero-order chi connectivity index (χ0) is 9.15. The number of ketones is 1. The highest BCUT2D eigenvalue weighted by Crippen LogP contribution is 2.72. The van der Waals surface area contributed by atoms with Crippen LogP contribution in [0, 0.1) is 22.7 Å². The van der Waals surface area contributed by atoms with Gasteiger partial charge in [-0.3, -0.25) is 4.79 Å². The molecule has 0 saturated heterocycles. The molecule has 1 heteroatoms. The lowest BCUT2D eigenvalue weighted by Crippen LogP contribution is -2.10. The predicted octanol–water partition coefficient (Wildman–Crippen LogP) is 2.65. The van der Waals surface area contributed by atoms with Crippen LogP contribution in [0.3, 0.4) is 0 Å². The Kier molecular flexibility index (Phi) is 1.34. The van der Waals surface area contributed by atoms with Gasteiger partial charge in [0, 0.05) is 5.92 Å². The van der Waals surface area contributed by atoms with Gasteiger partial charge in [-0.1, -0.05) is 20.8 Å². The largest absolute Gasteiger partial charge is 0.300 e. The van der Waals surface area contributed by atoms with Crippen LogP contribution >= 0.6 is 0 Å². The summed E-state index contributed by atoms with van der Waals surface area (Å²) < 4.78 is 0. The second kappa shape index (κ2) is 1.94. The van der Waals surface area contributed by atoms with Crippen molar-refractivity contribution in [3.8, 4) is 0 Å². The molecule has 0 aromatic rings. The second-order valence-electron chi connectivity index (χ2n) is 5.62. The van der Waals surface area contributed by atoms with Crippen molar-refractivity contribution < 1.29 is 4.79 Å². The average molecular weight is 166 g/mol. The molecule has 2 aliphatic carbocycles. The van der Waals surface area contributed by atoms with Crippen molar-refractivity contribution in [3.63, 3.8) is 0 Å². The Morgan fingerprint density at radius 2 is 1.75 bits per heavy atom. The lowest BCUT2D eigenvalue weighted by Gasteiger charge is -2.11. The number of hydrogen-bond acceptors (Lipinski definition) is 1. The van der Waals surface area contributed by atoms with Crippen molar-refractivity contribution in [2.45, 2.75) is 40.5 Å². The van der Waals surface area contributed by atoms with Crippen LogP contribution in [0.15, 0.2) is 0 Å². The molecule has 0 aromatic carbocycles. The highest BCUT2D eigenvalue weighted by molar-refractivity contribution is 5.82. The van der Waals surface area contributed by atoms with Crippen molar-refractivity contribution in [2.75, 3.05) is 0 Å². The van der Waals surface area contributed by atoms with Crippen molar-refractivity contribution in [2.24, 2.45) is 22.7 Å². The third kappa shape index (κ3) is 0.949. The molecule has 0 bridgehead atoms.